The van der Waals surface area contributed by atoms with Gasteiger partial charge in [0.2, 0.25) is 0 Å². The van der Waals surface area contributed by atoms with E-state index in [2.05, 4.69) is 12.2 Å². The number of nitrogens with one attached hydrogen (secondary N) is 1. The van der Waals surface area contributed by atoms with Gasteiger partial charge in [0.1, 0.15) is 0 Å². The lowest BCUT2D eigenvalue weighted by Crippen LogP contribution is -2.20. The van der Waals surface area contributed by atoms with Crippen molar-refractivity contribution in [3.8, 4) is 0 Å². The van der Waals surface area contributed by atoms with Crippen LogP contribution in [0.25, 0.3) is 0 Å². The molecule has 1 N–H and O–H groups in total. The summed E-state index contributed by atoms with van der Waals surface area (Å²) in [6.45, 7) is 2.79. The molecule has 5 heteroatoms. The molecule has 0 bridgehead atoms. The summed E-state index contributed by atoms with van der Waals surface area (Å²) in [6.07, 6.45) is 5.27. The van der Waals surface area contributed by atoms with Crippen LogP contribution in [0.3, 0.4) is 0 Å². The van der Waals surface area contributed by atoms with Gasteiger partial charge in [-0.2, -0.15) is 0 Å². The van der Waals surface area contributed by atoms with Crippen LogP contribution in [-0.2, 0) is 6.54 Å². The van der Waals surface area contributed by atoms with Crippen molar-refractivity contribution < 1.29 is 9.34 Å². The highest BCUT2D eigenvalue weighted by Gasteiger charge is 2.14. The van der Waals surface area contributed by atoms with E-state index in [4.69, 9.17) is 4.42 Å². The van der Waals surface area contributed by atoms with Gasteiger partial charge in [-0.05, 0) is 18.1 Å². The zero-order valence-corrected chi connectivity index (χ0v) is 11.4. The highest BCUT2D eigenvalue weighted by molar-refractivity contribution is 5.35. The fourth-order valence-corrected chi connectivity index (χ4v) is 2.16. The maximum atomic E-state index is 10.9. The van der Waals surface area contributed by atoms with Gasteiger partial charge in [-0.1, -0.05) is 25.5 Å². The minimum absolute atomic E-state index is 0.106. The monoisotopic (exact) mass is 274 g/mol. The fourth-order valence-electron chi connectivity index (χ4n) is 2.16. The molecule has 2 rings (SSSR count). The van der Waals surface area contributed by atoms with Gasteiger partial charge in [-0.15, -0.1) is 0 Å². The van der Waals surface area contributed by atoms with Crippen molar-refractivity contribution in [3.63, 3.8) is 0 Å². The van der Waals surface area contributed by atoms with E-state index in [-0.39, 0.29) is 16.7 Å². The molecule has 0 aliphatic heterocycles. The Labute approximate surface area is 117 Å². The Morgan fingerprint density at radius 1 is 1.40 bits per heavy atom. The maximum absolute atomic E-state index is 10.9. The quantitative estimate of drug-likeness (QED) is 0.615. The molecule has 0 spiro atoms. The summed E-state index contributed by atoms with van der Waals surface area (Å²) in [4.78, 5) is 10.5. The lowest BCUT2D eigenvalue weighted by atomic mass is 10.0. The first-order valence-corrected chi connectivity index (χ1v) is 6.69. The maximum Gasteiger partial charge on any atom is 0.269 e. The van der Waals surface area contributed by atoms with Gasteiger partial charge in [0.15, 0.2) is 0 Å². The molecule has 0 amide bonds. The number of nitro benzene ring substituents is 1. The van der Waals surface area contributed by atoms with E-state index in [0.29, 0.717) is 6.54 Å². The van der Waals surface area contributed by atoms with Crippen molar-refractivity contribution in [1.82, 2.24) is 5.32 Å². The number of benzene rings is 1. The molecule has 1 atom stereocenters. The molecule has 0 saturated carbocycles. The number of nitro groups is 1. The smallest absolute Gasteiger partial charge is 0.269 e. The Balaban J connectivity index is 2.10. The summed E-state index contributed by atoms with van der Waals surface area (Å²) in [5, 5.41) is 14.3. The molecule has 0 aliphatic rings. The van der Waals surface area contributed by atoms with E-state index in [1.165, 1.54) is 6.07 Å². The minimum Gasteiger partial charge on any atom is -0.472 e. The standard InChI is InChI=1S/C15H18N2O3/c1-2-4-15(16-10-12-7-8-20-11-12)13-5-3-6-14(9-13)17(18)19/h3,5-9,11,15-16H,2,4,10H2,1H3. The van der Waals surface area contributed by atoms with Crippen LogP contribution in [0.2, 0.25) is 0 Å². The minimum atomic E-state index is -0.359. The van der Waals surface area contributed by atoms with E-state index in [1.54, 1.807) is 24.7 Å². The van der Waals surface area contributed by atoms with Crippen molar-refractivity contribution in [3.05, 3.63) is 64.1 Å². The third-order valence-corrected chi connectivity index (χ3v) is 3.19. The lowest BCUT2D eigenvalue weighted by molar-refractivity contribution is -0.384. The van der Waals surface area contributed by atoms with E-state index in [0.717, 1.165) is 24.0 Å². The van der Waals surface area contributed by atoms with Crippen molar-refractivity contribution in [2.24, 2.45) is 0 Å². The van der Waals surface area contributed by atoms with E-state index >= 15 is 0 Å². The van der Waals surface area contributed by atoms with Crippen LogP contribution in [0, 0.1) is 10.1 Å². The molecular formula is C15H18N2O3. The van der Waals surface area contributed by atoms with Gasteiger partial charge in [-0.25, -0.2) is 0 Å². The molecule has 1 aromatic carbocycles. The van der Waals surface area contributed by atoms with Crippen LogP contribution in [0.15, 0.2) is 47.3 Å². The normalized spacial score (nSPS) is 12.2. The van der Waals surface area contributed by atoms with Crippen LogP contribution in [-0.4, -0.2) is 4.92 Å². The molecule has 2 aromatic rings. The van der Waals surface area contributed by atoms with Gasteiger partial charge in [-0.3, -0.25) is 10.1 Å². The van der Waals surface area contributed by atoms with Gasteiger partial charge in [0.25, 0.3) is 5.69 Å². The number of rotatable bonds is 7. The molecule has 1 aromatic heterocycles. The van der Waals surface area contributed by atoms with Crippen LogP contribution >= 0.6 is 0 Å². The molecule has 1 unspecified atom stereocenters. The number of nitrogens with zero attached hydrogens (tertiary/aromatic N) is 1. The van der Waals surface area contributed by atoms with Gasteiger partial charge in [0.05, 0.1) is 17.4 Å². The summed E-state index contributed by atoms with van der Waals surface area (Å²) >= 11 is 0. The average molecular weight is 274 g/mol. The molecule has 1 heterocycles. The number of furan rings is 1. The third-order valence-electron chi connectivity index (χ3n) is 3.19. The Morgan fingerprint density at radius 3 is 2.90 bits per heavy atom. The molecule has 106 valence electrons. The second kappa shape index (κ2) is 6.86. The van der Waals surface area contributed by atoms with E-state index in [1.807, 2.05) is 12.1 Å². The molecule has 20 heavy (non-hydrogen) atoms. The Morgan fingerprint density at radius 2 is 2.25 bits per heavy atom. The second-order valence-corrected chi connectivity index (χ2v) is 4.71. The van der Waals surface area contributed by atoms with Crippen LogP contribution in [0.5, 0.6) is 0 Å². The first kappa shape index (κ1) is 14.3. The predicted octanol–water partition coefficient (Wildman–Crippen LogP) is 3.82. The largest absolute Gasteiger partial charge is 0.472 e. The number of hydrogen-bond donors (Lipinski definition) is 1. The summed E-state index contributed by atoms with van der Waals surface area (Å²) in [5.74, 6) is 0. The third kappa shape index (κ3) is 3.68. The molecule has 5 nitrogen and oxygen atoms in total. The molecule has 0 aliphatic carbocycles. The predicted molar refractivity (Wildman–Crippen MR) is 76.3 cm³/mol. The molecule has 0 radical (unpaired) electrons. The highest BCUT2D eigenvalue weighted by atomic mass is 16.6. The molecule has 0 fully saturated rings. The number of non-ortho nitro benzene ring substituents is 1. The molecule has 0 saturated heterocycles. The lowest BCUT2D eigenvalue weighted by Gasteiger charge is -2.18. The first-order chi connectivity index (χ1) is 9.70. The van der Waals surface area contributed by atoms with E-state index < -0.39 is 0 Å². The van der Waals surface area contributed by atoms with Crippen molar-refractivity contribution in [1.29, 1.82) is 0 Å². The average Bonchev–Trinajstić information content (AvgIpc) is 2.97. The van der Waals surface area contributed by atoms with Gasteiger partial charge in [0, 0.05) is 30.3 Å². The summed E-state index contributed by atoms with van der Waals surface area (Å²) in [7, 11) is 0. The topological polar surface area (TPSA) is 68.3 Å². The Bertz CT molecular complexity index is 552. The molecular weight excluding hydrogens is 256 g/mol. The zero-order valence-electron chi connectivity index (χ0n) is 11.4. The second-order valence-electron chi connectivity index (χ2n) is 4.71. The van der Waals surface area contributed by atoms with Gasteiger partial charge >= 0.3 is 0 Å². The van der Waals surface area contributed by atoms with Crippen LogP contribution in [0.4, 0.5) is 5.69 Å². The Hall–Kier alpha value is -2.14. The summed E-state index contributed by atoms with van der Waals surface area (Å²) in [6, 6.07) is 8.83. The SMILES string of the molecule is CCCC(NCc1ccoc1)c1cccc([N+](=O)[O-])c1. The van der Waals surface area contributed by atoms with Gasteiger partial charge < -0.3 is 9.73 Å². The summed E-state index contributed by atoms with van der Waals surface area (Å²) < 4.78 is 5.03. The van der Waals surface area contributed by atoms with Crippen LogP contribution < -0.4 is 5.32 Å². The fraction of sp³-hybridized carbons (Fsp3) is 0.333. The zero-order chi connectivity index (χ0) is 14.4. The first-order valence-electron chi connectivity index (χ1n) is 6.69. The summed E-state index contributed by atoms with van der Waals surface area (Å²) in [5.41, 5.74) is 2.15. The Kier molecular flexibility index (Phi) is 4.90. The van der Waals surface area contributed by atoms with Crippen molar-refractivity contribution >= 4 is 5.69 Å². The van der Waals surface area contributed by atoms with Crippen molar-refractivity contribution in [2.45, 2.75) is 32.4 Å². The number of hydrogen-bond acceptors (Lipinski definition) is 4. The highest BCUT2D eigenvalue weighted by Crippen LogP contribution is 2.23. The van der Waals surface area contributed by atoms with Crippen LogP contribution in [0.1, 0.15) is 36.9 Å². The van der Waals surface area contributed by atoms with Crippen molar-refractivity contribution in [2.75, 3.05) is 0 Å². The van der Waals surface area contributed by atoms with E-state index in [9.17, 15) is 10.1 Å².